The molecular weight excluding hydrogens is 186 g/mol. The minimum Gasteiger partial charge on any atom is -0.361 e. The average molecular weight is 194 g/mol. The molecule has 3 N–H and O–H groups in total. The zero-order valence-corrected chi connectivity index (χ0v) is 7.11. The molecule has 0 saturated heterocycles. The van der Waals surface area contributed by atoms with Crippen LogP contribution in [0.5, 0.6) is 0 Å². The first-order valence-corrected chi connectivity index (χ1v) is 3.65. The Hall–Kier alpha value is -2.31. The van der Waals surface area contributed by atoms with Crippen LogP contribution < -0.4 is 5.73 Å². The average Bonchev–Trinajstić information content (AvgIpc) is 2.15. The molecule has 0 unspecified atom stereocenters. The molecular formula is C7H8N5O2+. The maximum Gasteiger partial charge on any atom is 0.391 e. The topological polar surface area (TPSA) is 103 Å². The number of nitrogens with two attached hydrogens (primary N) is 1. The van der Waals surface area contributed by atoms with E-state index < -0.39 is 11.0 Å². The summed E-state index contributed by atoms with van der Waals surface area (Å²) in [6, 6.07) is 8.76. The van der Waals surface area contributed by atoms with Gasteiger partial charge in [-0.25, -0.2) is 5.21 Å². The van der Waals surface area contributed by atoms with Crippen molar-refractivity contribution in [2.45, 2.75) is 0 Å². The molecule has 0 aliphatic heterocycles. The van der Waals surface area contributed by atoms with E-state index in [0.29, 0.717) is 5.69 Å². The molecule has 7 heteroatoms. The molecule has 0 fully saturated rings. The number of rotatable bonds is 2. The highest BCUT2D eigenvalue weighted by Crippen LogP contribution is 2.09. The fourth-order valence-corrected chi connectivity index (χ4v) is 0.711. The van der Waals surface area contributed by atoms with Gasteiger partial charge in [0.2, 0.25) is 0 Å². The Kier molecular flexibility index (Phi) is 3.25. The summed E-state index contributed by atoms with van der Waals surface area (Å²) in [6.07, 6.45) is 0. The van der Waals surface area contributed by atoms with Crippen molar-refractivity contribution in [3.8, 4) is 0 Å². The van der Waals surface area contributed by atoms with Crippen molar-refractivity contribution in [3.63, 3.8) is 0 Å². The number of guanidine groups is 1. The summed E-state index contributed by atoms with van der Waals surface area (Å²) in [5.74, 6) is -0.425. The van der Waals surface area contributed by atoms with Crippen LogP contribution in [0.25, 0.3) is 0 Å². The van der Waals surface area contributed by atoms with E-state index in [1.54, 1.807) is 24.3 Å². The summed E-state index contributed by atoms with van der Waals surface area (Å²) >= 11 is 0. The van der Waals surface area contributed by atoms with Crippen molar-refractivity contribution in [2.75, 3.05) is 0 Å². The predicted molar refractivity (Wildman–Crippen MR) is 48.0 cm³/mol. The fraction of sp³-hybridized carbons (Fsp3) is 0. The standard InChI is InChI=1S/C7H8N5O2/c8-7(11-12(13)14)10-9-6-4-2-1-3-5-6/h1-5H,(H2,8,11)(H,13,14)/q+1. The van der Waals surface area contributed by atoms with Gasteiger partial charge in [-0.3, -0.25) is 0 Å². The van der Waals surface area contributed by atoms with Crippen LogP contribution in [0.4, 0.5) is 5.69 Å². The number of nitrogens with zero attached hydrogens (tertiary/aromatic N) is 4. The van der Waals surface area contributed by atoms with Gasteiger partial charge in [-0.05, 0) is 12.1 Å². The Bertz CT molecular complexity index is 373. The normalized spacial score (nSPS) is 11.9. The number of hydrazone groups is 1. The van der Waals surface area contributed by atoms with Crippen molar-refractivity contribution in [3.05, 3.63) is 35.2 Å². The van der Waals surface area contributed by atoms with E-state index in [2.05, 4.69) is 15.3 Å². The van der Waals surface area contributed by atoms with Crippen LogP contribution in [-0.4, -0.2) is 16.2 Å². The van der Waals surface area contributed by atoms with Gasteiger partial charge in [0.15, 0.2) is 0 Å². The molecule has 0 atom stereocenters. The highest BCUT2D eigenvalue weighted by molar-refractivity contribution is 5.77. The van der Waals surface area contributed by atoms with E-state index in [0.717, 1.165) is 0 Å². The minimum absolute atomic E-state index is 0.425. The van der Waals surface area contributed by atoms with Crippen molar-refractivity contribution in [2.24, 2.45) is 21.1 Å². The van der Waals surface area contributed by atoms with Crippen LogP contribution in [-0.2, 0) is 0 Å². The summed E-state index contributed by atoms with van der Waals surface area (Å²) in [6.45, 7) is 0. The largest absolute Gasteiger partial charge is 0.391 e. The molecule has 1 rings (SSSR count). The number of hydrogen-bond acceptors (Lipinski definition) is 2. The summed E-state index contributed by atoms with van der Waals surface area (Å²) in [7, 11) is 0. The quantitative estimate of drug-likeness (QED) is 0.319. The van der Waals surface area contributed by atoms with Crippen LogP contribution in [0.15, 0.2) is 45.7 Å². The maximum absolute atomic E-state index is 9.97. The lowest BCUT2D eigenvalue weighted by molar-refractivity contribution is -0.796. The predicted octanol–water partition coefficient (Wildman–Crippen LogP) is 1.17. The van der Waals surface area contributed by atoms with Crippen molar-refractivity contribution in [1.29, 1.82) is 0 Å². The Morgan fingerprint density at radius 1 is 1.36 bits per heavy atom. The van der Waals surface area contributed by atoms with Crippen LogP contribution in [0.1, 0.15) is 0 Å². The summed E-state index contributed by atoms with van der Waals surface area (Å²) in [4.78, 5) is 9.97. The second-order valence-corrected chi connectivity index (χ2v) is 2.25. The molecule has 0 radical (unpaired) electrons. The highest BCUT2D eigenvalue weighted by Gasteiger charge is 2.01. The summed E-state index contributed by atoms with van der Waals surface area (Å²) in [5.41, 5.74) is 5.68. The lowest BCUT2D eigenvalue weighted by Gasteiger charge is -1.87. The first-order valence-electron chi connectivity index (χ1n) is 3.65. The number of hydrogen-bond donors (Lipinski definition) is 2. The maximum atomic E-state index is 9.97. The Labute approximate surface area is 79.1 Å². The van der Waals surface area contributed by atoms with Crippen LogP contribution in [0.3, 0.4) is 0 Å². The molecule has 7 nitrogen and oxygen atoms in total. The molecule has 1 aromatic carbocycles. The third kappa shape index (κ3) is 3.39. The molecule has 0 spiro atoms. The van der Waals surface area contributed by atoms with Gasteiger partial charge >= 0.3 is 11.0 Å². The van der Waals surface area contributed by atoms with Gasteiger partial charge in [0.25, 0.3) is 0 Å². The summed E-state index contributed by atoms with van der Waals surface area (Å²) < 4.78 is 0. The third-order valence-corrected chi connectivity index (χ3v) is 1.21. The lowest BCUT2D eigenvalue weighted by atomic mass is 10.3. The van der Waals surface area contributed by atoms with Gasteiger partial charge in [-0.2, -0.15) is 0 Å². The molecule has 0 aliphatic rings. The monoisotopic (exact) mass is 194 g/mol. The van der Waals surface area contributed by atoms with Crippen LogP contribution in [0.2, 0.25) is 0 Å². The zero-order chi connectivity index (χ0) is 10.4. The molecule has 0 aromatic heterocycles. The number of azo groups is 1. The molecule has 0 saturated carbocycles. The van der Waals surface area contributed by atoms with E-state index in [1.165, 1.54) is 0 Å². The Morgan fingerprint density at radius 3 is 2.57 bits per heavy atom. The van der Waals surface area contributed by atoms with Gasteiger partial charge < -0.3 is 5.73 Å². The Balaban J connectivity index is 2.70. The SMILES string of the molecule is N/C(N=Nc1ccccc1)=N\[N+](=O)O. The zero-order valence-electron chi connectivity index (χ0n) is 7.11. The molecule has 0 aliphatic carbocycles. The van der Waals surface area contributed by atoms with Gasteiger partial charge in [-0.1, -0.05) is 18.2 Å². The molecule has 0 bridgehead atoms. The molecule has 0 amide bonds. The second-order valence-electron chi connectivity index (χ2n) is 2.25. The van der Waals surface area contributed by atoms with Crippen molar-refractivity contribution < 1.29 is 10.2 Å². The number of benzene rings is 1. The van der Waals surface area contributed by atoms with E-state index in [-0.39, 0.29) is 0 Å². The van der Waals surface area contributed by atoms with E-state index in [9.17, 15) is 4.91 Å². The first-order chi connectivity index (χ1) is 6.68. The van der Waals surface area contributed by atoms with Crippen molar-refractivity contribution >= 4 is 11.6 Å². The third-order valence-electron chi connectivity index (χ3n) is 1.21. The molecule has 14 heavy (non-hydrogen) atoms. The smallest absolute Gasteiger partial charge is 0.361 e. The molecule has 0 heterocycles. The molecule has 72 valence electrons. The second kappa shape index (κ2) is 4.65. The minimum atomic E-state index is -0.681. The lowest BCUT2D eigenvalue weighted by Crippen LogP contribution is -2.10. The first kappa shape index (κ1) is 9.78. The van der Waals surface area contributed by atoms with Gasteiger partial charge in [0, 0.05) is 0 Å². The van der Waals surface area contributed by atoms with Gasteiger partial charge in [0.05, 0.1) is 5.69 Å². The van der Waals surface area contributed by atoms with Crippen LogP contribution in [0, 0.1) is 4.91 Å². The summed E-state index contributed by atoms with van der Waals surface area (Å²) in [5, 5.41) is 17.3. The Morgan fingerprint density at radius 2 is 2.00 bits per heavy atom. The van der Waals surface area contributed by atoms with Gasteiger partial charge in [-0.15, -0.1) is 10.2 Å². The van der Waals surface area contributed by atoms with Crippen molar-refractivity contribution in [1.82, 2.24) is 0 Å². The highest BCUT2D eigenvalue weighted by atomic mass is 16.7. The fourth-order valence-electron chi connectivity index (χ4n) is 0.711. The van der Waals surface area contributed by atoms with E-state index in [1.807, 2.05) is 6.07 Å². The van der Waals surface area contributed by atoms with E-state index in [4.69, 9.17) is 10.9 Å². The van der Waals surface area contributed by atoms with E-state index >= 15 is 0 Å². The molecule has 1 aromatic rings. The van der Waals surface area contributed by atoms with Crippen LogP contribution >= 0.6 is 0 Å². The van der Waals surface area contributed by atoms with Gasteiger partial charge in [0.1, 0.15) is 10.0 Å².